The van der Waals surface area contributed by atoms with Gasteiger partial charge in [-0.3, -0.25) is 9.59 Å². The second-order valence-corrected chi connectivity index (χ2v) is 8.51. The molecule has 0 aliphatic carbocycles. The van der Waals surface area contributed by atoms with Crippen molar-refractivity contribution in [2.75, 3.05) is 6.54 Å². The average Bonchev–Trinajstić information content (AvgIpc) is 3.53. The van der Waals surface area contributed by atoms with E-state index in [1.165, 1.54) is 0 Å². The van der Waals surface area contributed by atoms with Crippen LogP contribution < -0.4 is 4.74 Å². The van der Waals surface area contributed by atoms with E-state index in [4.69, 9.17) is 4.74 Å². The van der Waals surface area contributed by atoms with Crippen molar-refractivity contribution >= 4 is 17.4 Å². The first kappa shape index (κ1) is 21.0. The van der Waals surface area contributed by atoms with Gasteiger partial charge >= 0.3 is 0 Å². The Morgan fingerprint density at radius 2 is 1.97 bits per heavy atom. The number of amides is 1. The summed E-state index contributed by atoms with van der Waals surface area (Å²) >= 11 is 0. The van der Waals surface area contributed by atoms with Crippen molar-refractivity contribution in [1.29, 1.82) is 0 Å². The predicted octanol–water partition coefficient (Wildman–Crippen LogP) is 3.72. The summed E-state index contributed by atoms with van der Waals surface area (Å²) in [6, 6.07) is 14.1. The lowest BCUT2D eigenvalue weighted by molar-refractivity contribution is -0.139. The van der Waals surface area contributed by atoms with Gasteiger partial charge in [-0.1, -0.05) is 30.3 Å². The standard InChI is InChI=1S/C26H25N3O4/c1-17-14-20-15-19(8-9-21(20)33-17)24(30)22-23(18-6-3-2-4-7-18)29(26(32)25(22)31)12-5-11-28-13-10-27-16-28/h2-4,6-10,13,15-17,23,30H,5,11-12,14H2,1H3/b24-22+/t17-,23+/m0/s1. The van der Waals surface area contributed by atoms with Crippen LogP contribution >= 0.6 is 0 Å². The highest BCUT2D eigenvalue weighted by molar-refractivity contribution is 6.46. The van der Waals surface area contributed by atoms with E-state index in [2.05, 4.69) is 4.98 Å². The van der Waals surface area contributed by atoms with Gasteiger partial charge in [-0.05, 0) is 42.7 Å². The molecule has 2 aliphatic heterocycles. The zero-order chi connectivity index (χ0) is 22.9. The van der Waals surface area contributed by atoms with Crippen LogP contribution in [0, 0.1) is 0 Å². The van der Waals surface area contributed by atoms with Crippen LogP contribution in [0.3, 0.4) is 0 Å². The van der Waals surface area contributed by atoms with Crippen LogP contribution in [0.5, 0.6) is 5.75 Å². The minimum atomic E-state index is -0.658. The number of aryl methyl sites for hydroxylation is 1. The number of carbonyl (C=O) groups is 2. The second kappa shape index (κ2) is 8.58. The number of likely N-dealkylation sites (tertiary alicyclic amines) is 1. The number of benzene rings is 2. The number of rotatable bonds is 6. The number of imidazole rings is 1. The Hall–Kier alpha value is -3.87. The summed E-state index contributed by atoms with van der Waals surface area (Å²) in [6.07, 6.45) is 6.76. The number of ether oxygens (including phenoxy) is 1. The molecule has 33 heavy (non-hydrogen) atoms. The zero-order valence-corrected chi connectivity index (χ0v) is 18.3. The first-order valence-electron chi connectivity index (χ1n) is 11.1. The Morgan fingerprint density at radius 1 is 1.15 bits per heavy atom. The number of aromatic nitrogens is 2. The highest BCUT2D eigenvalue weighted by Gasteiger charge is 2.45. The molecule has 1 fully saturated rings. The summed E-state index contributed by atoms with van der Waals surface area (Å²) < 4.78 is 7.69. The van der Waals surface area contributed by atoms with Crippen molar-refractivity contribution in [3.63, 3.8) is 0 Å². The van der Waals surface area contributed by atoms with Crippen LogP contribution in [0.2, 0.25) is 0 Å². The van der Waals surface area contributed by atoms with Gasteiger partial charge < -0.3 is 19.3 Å². The van der Waals surface area contributed by atoms with Crippen LogP contribution in [0.4, 0.5) is 0 Å². The molecule has 0 spiro atoms. The molecule has 1 saturated heterocycles. The minimum absolute atomic E-state index is 0.0720. The maximum Gasteiger partial charge on any atom is 0.295 e. The van der Waals surface area contributed by atoms with E-state index in [1.54, 1.807) is 23.5 Å². The molecule has 1 N–H and O–H groups in total. The highest BCUT2D eigenvalue weighted by Crippen LogP contribution is 2.40. The molecule has 1 aromatic heterocycles. The van der Waals surface area contributed by atoms with Gasteiger partial charge in [0.1, 0.15) is 17.6 Å². The molecule has 168 valence electrons. The number of Topliss-reactive ketones (excluding diaryl/α,β-unsaturated/α-hetero) is 1. The third-order valence-electron chi connectivity index (χ3n) is 6.20. The molecule has 1 amide bonds. The van der Waals surface area contributed by atoms with Gasteiger partial charge in [0.2, 0.25) is 0 Å². The molecular weight excluding hydrogens is 418 g/mol. The maximum atomic E-state index is 13.1. The Balaban J connectivity index is 1.51. The molecule has 3 aromatic rings. The largest absolute Gasteiger partial charge is 0.507 e. The first-order chi connectivity index (χ1) is 16.0. The van der Waals surface area contributed by atoms with Crippen LogP contribution in [0.15, 0.2) is 72.8 Å². The molecule has 7 heteroatoms. The SMILES string of the molecule is C[C@H]1Cc2cc(/C(O)=C3\C(=O)C(=O)N(CCCn4ccnc4)[C@@H]3c3ccccc3)ccc2O1. The summed E-state index contributed by atoms with van der Waals surface area (Å²) in [6.45, 7) is 3.05. The van der Waals surface area contributed by atoms with Gasteiger partial charge in [-0.15, -0.1) is 0 Å². The molecule has 2 aromatic carbocycles. The number of ketones is 1. The molecular formula is C26H25N3O4. The fourth-order valence-electron chi connectivity index (χ4n) is 4.66. The van der Waals surface area contributed by atoms with Gasteiger partial charge in [0, 0.05) is 37.5 Å². The topological polar surface area (TPSA) is 84.7 Å². The summed E-state index contributed by atoms with van der Waals surface area (Å²) in [4.78, 5) is 31.8. The van der Waals surface area contributed by atoms with Crippen LogP contribution in [-0.4, -0.2) is 43.9 Å². The normalized spacial score (nSPS) is 21.3. The summed E-state index contributed by atoms with van der Waals surface area (Å²) in [5.41, 5.74) is 2.42. The van der Waals surface area contributed by atoms with Gasteiger partial charge in [0.05, 0.1) is 17.9 Å². The molecule has 2 atom stereocenters. The first-order valence-corrected chi connectivity index (χ1v) is 11.1. The monoisotopic (exact) mass is 443 g/mol. The molecule has 5 rings (SSSR count). The minimum Gasteiger partial charge on any atom is -0.507 e. The number of carbonyl (C=O) groups excluding carboxylic acids is 2. The summed E-state index contributed by atoms with van der Waals surface area (Å²) in [5.74, 6) is -0.608. The molecule has 7 nitrogen and oxygen atoms in total. The van der Waals surface area contributed by atoms with Crippen molar-refractivity contribution in [2.24, 2.45) is 0 Å². The van der Waals surface area contributed by atoms with Gasteiger partial charge in [-0.2, -0.15) is 0 Å². The van der Waals surface area contributed by atoms with Crippen molar-refractivity contribution in [3.05, 3.63) is 89.5 Å². The predicted molar refractivity (Wildman–Crippen MR) is 123 cm³/mol. The average molecular weight is 444 g/mol. The van der Waals surface area contributed by atoms with E-state index in [1.807, 2.05) is 60.2 Å². The van der Waals surface area contributed by atoms with E-state index in [0.717, 1.165) is 23.3 Å². The summed E-state index contributed by atoms with van der Waals surface area (Å²) in [5, 5.41) is 11.3. The lowest BCUT2D eigenvalue weighted by Crippen LogP contribution is -2.31. The van der Waals surface area contributed by atoms with Gasteiger partial charge in [0.25, 0.3) is 11.7 Å². The van der Waals surface area contributed by atoms with Gasteiger partial charge in [0.15, 0.2) is 0 Å². The van der Waals surface area contributed by atoms with Crippen molar-refractivity contribution < 1.29 is 19.4 Å². The second-order valence-electron chi connectivity index (χ2n) is 8.51. The Morgan fingerprint density at radius 3 is 2.73 bits per heavy atom. The lowest BCUT2D eigenvalue weighted by Gasteiger charge is -2.25. The summed E-state index contributed by atoms with van der Waals surface area (Å²) in [7, 11) is 0. The quantitative estimate of drug-likeness (QED) is 0.357. The number of hydrogen-bond donors (Lipinski definition) is 1. The zero-order valence-electron chi connectivity index (χ0n) is 18.3. The lowest BCUT2D eigenvalue weighted by atomic mass is 9.94. The van der Waals surface area contributed by atoms with Crippen molar-refractivity contribution in [1.82, 2.24) is 14.5 Å². The van der Waals surface area contributed by atoms with E-state index in [9.17, 15) is 14.7 Å². The fraction of sp³-hybridized carbons (Fsp3) is 0.269. The molecule has 2 aliphatic rings. The Kier molecular flexibility index (Phi) is 5.46. The van der Waals surface area contributed by atoms with Gasteiger partial charge in [-0.25, -0.2) is 4.98 Å². The molecule has 0 radical (unpaired) electrons. The molecule has 3 heterocycles. The van der Waals surface area contributed by atoms with E-state index < -0.39 is 17.7 Å². The smallest absolute Gasteiger partial charge is 0.295 e. The number of fused-ring (bicyclic) bond motifs is 1. The number of hydrogen-bond acceptors (Lipinski definition) is 5. The van der Waals surface area contributed by atoms with Crippen LogP contribution in [-0.2, 0) is 22.6 Å². The van der Waals surface area contributed by atoms with Crippen LogP contribution in [0.1, 0.15) is 36.1 Å². The Bertz CT molecular complexity index is 1220. The van der Waals surface area contributed by atoms with Crippen molar-refractivity contribution in [3.8, 4) is 5.75 Å². The van der Waals surface area contributed by atoms with E-state index in [0.29, 0.717) is 25.1 Å². The van der Waals surface area contributed by atoms with E-state index in [-0.39, 0.29) is 17.4 Å². The number of nitrogens with zero attached hydrogens (tertiary/aromatic N) is 3. The highest BCUT2D eigenvalue weighted by atomic mass is 16.5. The molecule has 0 saturated carbocycles. The third-order valence-corrected chi connectivity index (χ3v) is 6.20. The van der Waals surface area contributed by atoms with E-state index >= 15 is 0 Å². The molecule has 0 unspecified atom stereocenters. The van der Waals surface area contributed by atoms with Crippen LogP contribution in [0.25, 0.3) is 5.76 Å². The maximum absolute atomic E-state index is 13.1. The fourth-order valence-corrected chi connectivity index (χ4v) is 4.66. The third kappa shape index (κ3) is 3.91. The van der Waals surface area contributed by atoms with Crippen molar-refractivity contribution in [2.45, 2.75) is 38.5 Å². The Labute approximate surface area is 191 Å². The number of aliphatic hydroxyl groups excluding tert-OH is 1. The number of aliphatic hydroxyl groups is 1. The molecule has 0 bridgehead atoms.